The fraction of sp³-hybridized carbons (Fsp3) is 0.333. The van der Waals surface area contributed by atoms with Gasteiger partial charge in [-0.25, -0.2) is 0 Å². The smallest absolute Gasteiger partial charge is 0.255 e. The Hall–Kier alpha value is -1.75. The number of likely N-dealkylation sites (tertiary alicyclic amines) is 1. The number of hydrogen-bond donors (Lipinski definition) is 2. The van der Waals surface area contributed by atoms with Gasteiger partial charge in [0.2, 0.25) is 0 Å². The molecule has 1 aliphatic rings. The number of benzene rings is 1. The van der Waals surface area contributed by atoms with Gasteiger partial charge in [-0.15, -0.1) is 0 Å². The highest BCUT2D eigenvalue weighted by molar-refractivity contribution is 6.33. The summed E-state index contributed by atoms with van der Waals surface area (Å²) >= 11 is 5.94. The van der Waals surface area contributed by atoms with E-state index in [-0.39, 0.29) is 11.7 Å². The molecule has 1 aromatic rings. The fourth-order valence-electron chi connectivity index (χ4n) is 1.92. The number of carbonyl (C=O) groups is 1. The van der Waals surface area contributed by atoms with E-state index in [1.807, 2.05) is 0 Å². The van der Waals surface area contributed by atoms with Crippen molar-refractivity contribution in [3.63, 3.8) is 0 Å². The second-order valence-electron chi connectivity index (χ2n) is 4.12. The van der Waals surface area contributed by atoms with Gasteiger partial charge >= 0.3 is 0 Å². The zero-order valence-corrected chi connectivity index (χ0v) is 10.4. The highest BCUT2D eigenvalue weighted by Gasteiger charge is 2.23. The van der Waals surface area contributed by atoms with Gasteiger partial charge in [0, 0.05) is 25.9 Å². The topological polar surface area (TPSA) is 73.1 Å². The molecule has 5 nitrogen and oxygen atoms in total. The highest BCUT2D eigenvalue weighted by atomic mass is 35.5. The van der Waals surface area contributed by atoms with Crippen LogP contribution in [0.5, 0.6) is 5.75 Å². The Morgan fingerprint density at radius 1 is 1.33 bits per heavy atom. The SMILES string of the molecule is O=C(c1cc(O)ccc1Cl)N1CCC(=NO)CC1. The molecule has 0 atom stereocenters. The van der Waals surface area contributed by atoms with Crippen LogP contribution in [0.4, 0.5) is 0 Å². The molecular weight excluding hydrogens is 256 g/mol. The van der Waals surface area contributed by atoms with E-state index in [1.54, 1.807) is 4.90 Å². The van der Waals surface area contributed by atoms with Crippen LogP contribution in [0.25, 0.3) is 0 Å². The number of carbonyl (C=O) groups excluding carboxylic acids is 1. The van der Waals surface area contributed by atoms with Gasteiger partial charge in [-0.2, -0.15) is 0 Å². The average Bonchev–Trinajstić information content (AvgIpc) is 2.41. The third-order valence-corrected chi connectivity index (χ3v) is 3.28. The number of rotatable bonds is 1. The van der Waals surface area contributed by atoms with Crippen molar-refractivity contribution in [3.05, 3.63) is 28.8 Å². The minimum Gasteiger partial charge on any atom is -0.508 e. The minimum atomic E-state index is -0.215. The van der Waals surface area contributed by atoms with E-state index < -0.39 is 0 Å². The second kappa shape index (κ2) is 5.27. The first-order valence-electron chi connectivity index (χ1n) is 5.59. The predicted molar refractivity (Wildman–Crippen MR) is 67.5 cm³/mol. The van der Waals surface area contributed by atoms with E-state index in [9.17, 15) is 9.90 Å². The van der Waals surface area contributed by atoms with Crippen LogP contribution in [0.2, 0.25) is 5.02 Å². The standard InChI is InChI=1S/C12H13ClN2O3/c13-11-2-1-9(16)7-10(11)12(17)15-5-3-8(14-18)4-6-15/h1-2,7,16,18H,3-6H2. The Kier molecular flexibility index (Phi) is 3.72. The van der Waals surface area contributed by atoms with Gasteiger partial charge < -0.3 is 15.2 Å². The summed E-state index contributed by atoms with van der Waals surface area (Å²) in [5.74, 6) is -0.203. The third kappa shape index (κ3) is 2.56. The van der Waals surface area contributed by atoms with Gasteiger partial charge in [-0.1, -0.05) is 16.8 Å². The maximum absolute atomic E-state index is 12.2. The molecule has 6 heteroatoms. The largest absolute Gasteiger partial charge is 0.508 e. The summed E-state index contributed by atoms with van der Waals surface area (Å²) < 4.78 is 0. The molecule has 2 N–H and O–H groups in total. The highest BCUT2D eigenvalue weighted by Crippen LogP contribution is 2.23. The van der Waals surface area contributed by atoms with Crippen LogP contribution in [0, 0.1) is 0 Å². The molecule has 0 saturated carbocycles. The van der Waals surface area contributed by atoms with E-state index in [2.05, 4.69) is 5.16 Å². The zero-order valence-electron chi connectivity index (χ0n) is 9.64. The number of amides is 1. The molecule has 0 radical (unpaired) electrons. The minimum absolute atomic E-state index is 0.0115. The van der Waals surface area contributed by atoms with E-state index in [1.165, 1.54) is 18.2 Å². The molecule has 96 valence electrons. The molecule has 0 bridgehead atoms. The molecule has 0 spiro atoms. The molecular formula is C12H13ClN2O3. The maximum Gasteiger partial charge on any atom is 0.255 e. The Morgan fingerprint density at radius 2 is 2.00 bits per heavy atom. The first-order valence-corrected chi connectivity index (χ1v) is 5.97. The summed E-state index contributed by atoms with van der Waals surface area (Å²) in [7, 11) is 0. The van der Waals surface area contributed by atoms with E-state index in [4.69, 9.17) is 16.8 Å². The van der Waals surface area contributed by atoms with Crippen LogP contribution in [0.1, 0.15) is 23.2 Å². The lowest BCUT2D eigenvalue weighted by Gasteiger charge is -2.27. The van der Waals surface area contributed by atoms with Crippen molar-refractivity contribution in [2.24, 2.45) is 5.16 Å². The predicted octanol–water partition coefficient (Wildman–Crippen LogP) is 2.11. The number of hydrogen-bond acceptors (Lipinski definition) is 4. The summed E-state index contributed by atoms with van der Waals surface area (Å²) in [6.45, 7) is 0.981. The normalized spacial score (nSPS) is 15.6. The maximum atomic E-state index is 12.2. The number of piperidine rings is 1. The van der Waals surface area contributed by atoms with Crippen molar-refractivity contribution in [1.29, 1.82) is 0 Å². The second-order valence-corrected chi connectivity index (χ2v) is 4.53. The molecule has 0 aromatic heterocycles. The van der Waals surface area contributed by atoms with Crippen LogP contribution in [-0.2, 0) is 0 Å². The summed E-state index contributed by atoms with van der Waals surface area (Å²) in [4.78, 5) is 13.8. The van der Waals surface area contributed by atoms with Crippen LogP contribution >= 0.6 is 11.6 Å². The Morgan fingerprint density at radius 3 is 2.61 bits per heavy atom. The van der Waals surface area contributed by atoms with Crippen molar-refractivity contribution in [1.82, 2.24) is 4.90 Å². The summed E-state index contributed by atoms with van der Waals surface area (Å²) in [5.41, 5.74) is 0.988. The number of nitrogens with zero attached hydrogens (tertiary/aromatic N) is 2. The van der Waals surface area contributed by atoms with Crippen molar-refractivity contribution in [2.45, 2.75) is 12.8 Å². The van der Waals surface area contributed by atoms with Crippen molar-refractivity contribution >= 4 is 23.2 Å². The lowest BCUT2D eigenvalue weighted by molar-refractivity contribution is 0.0753. The first kappa shape index (κ1) is 12.7. The quantitative estimate of drug-likeness (QED) is 0.605. The molecule has 1 heterocycles. The third-order valence-electron chi connectivity index (χ3n) is 2.95. The van der Waals surface area contributed by atoms with Gasteiger partial charge in [0.05, 0.1) is 16.3 Å². The first-order chi connectivity index (χ1) is 8.61. The number of aromatic hydroxyl groups is 1. The van der Waals surface area contributed by atoms with E-state index >= 15 is 0 Å². The molecule has 1 fully saturated rings. The molecule has 2 rings (SSSR count). The number of halogens is 1. The van der Waals surface area contributed by atoms with Crippen LogP contribution in [0.15, 0.2) is 23.4 Å². The Bertz CT molecular complexity index is 492. The molecule has 1 aromatic carbocycles. The molecule has 1 saturated heterocycles. The summed E-state index contributed by atoms with van der Waals surface area (Å²) in [5, 5.41) is 21.5. The molecule has 0 aliphatic carbocycles. The van der Waals surface area contributed by atoms with Gasteiger partial charge in [-0.3, -0.25) is 4.79 Å². The average molecular weight is 269 g/mol. The van der Waals surface area contributed by atoms with Crippen molar-refractivity contribution < 1.29 is 15.1 Å². The van der Waals surface area contributed by atoms with Gasteiger partial charge in [0.1, 0.15) is 5.75 Å². The van der Waals surface area contributed by atoms with Gasteiger partial charge in [0.25, 0.3) is 5.91 Å². The molecule has 0 unspecified atom stereocenters. The number of phenolic OH excluding ortho intramolecular Hbond substituents is 1. The number of phenols is 1. The van der Waals surface area contributed by atoms with E-state index in [0.29, 0.717) is 42.2 Å². The lowest BCUT2D eigenvalue weighted by atomic mass is 10.1. The fourth-order valence-corrected chi connectivity index (χ4v) is 2.11. The molecule has 18 heavy (non-hydrogen) atoms. The van der Waals surface area contributed by atoms with Crippen molar-refractivity contribution in [3.8, 4) is 5.75 Å². The van der Waals surface area contributed by atoms with E-state index in [0.717, 1.165) is 0 Å². The van der Waals surface area contributed by atoms with Gasteiger partial charge in [0.15, 0.2) is 0 Å². The van der Waals surface area contributed by atoms with Crippen LogP contribution in [-0.4, -0.2) is 39.9 Å². The molecule has 1 amide bonds. The monoisotopic (exact) mass is 268 g/mol. The Labute approximate surface area is 109 Å². The lowest BCUT2D eigenvalue weighted by Crippen LogP contribution is -2.38. The zero-order chi connectivity index (χ0) is 13.1. The van der Waals surface area contributed by atoms with Crippen LogP contribution in [0.3, 0.4) is 0 Å². The van der Waals surface area contributed by atoms with Crippen LogP contribution < -0.4 is 0 Å². The number of oxime groups is 1. The van der Waals surface area contributed by atoms with Crippen molar-refractivity contribution in [2.75, 3.05) is 13.1 Å². The summed E-state index contributed by atoms with van der Waals surface area (Å²) in [6.07, 6.45) is 1.11. The molecule has 1 aliphatic heterocycles. The van der Waals surface area contributed by atoms with Gasteiger partial charge in [-0.05, 0) is 18.2 Å². The Balaban J connectivity index is 2.15. The summed E-state index contributed by atoms with van der Waals surface area (Å²) in [6, 6.07) is 4.29.